The SMILES string of the molecule is Cc1ccc(S(=O)(=O)Nc2cccc3cccc(C(=O)O)c23)cc1. The highest BCUT2D eigenvalue weighted by atomic mass is 32.2. The molecule has 0 bridgehead atoms. The van der Waals surface area contributed by atoms with Crippen molar-refractivity contribution < 1.29 is 18.3 Å². The van der Waals surface area contributed by atoms with Gasteiger partial charge in [-0.05, 0) is 36.6 Å². The number of hydrogen-bond donors (Lipinski definition) is 2. The first-order valence-corrected chi connectivity index (χ1v) is 8.71. The molecular formula is C18H15NO4S. The molecule has 0 saturated heterocycles. The predicted molar refractivity (Wildman–Crippen MR) is 92.9 cm³/mol. The number of anilines is 1. The average Bonchev–Trinajstić information content (AvgIpc) is 2.54. The highest BCUT2D eigenvalue weighted by molar-refractivity contribution is 7.92. The summed E-state index contributed by atoms with van der Waals surface area (Å²) in [5, 5.41) is 10.4. The van der Waals surface area contributed by atoms with Gasteiger partial charge in [0.2, 0.25) is 0 Å². The van der Waals surface area contributed by atoms with Crippen LogP contribution in [0.4, 0.5) is 5.69 Å². The Bertz CT molecular complexity index is 1020. The van der Waals surface area contributed by atoms with E-state index in [4.69, 9.17) is 0 Å². The van der Waals surface area contributed by atoms with Crippen LogP contribution < -0.4 is 4.72 Å². The zero-order valence-corrected chi connectivity index (χ0v) is 13.7. The number of carbonyl (C=O) groups is 1. The summed E-state index contributed by atoms with van der Waals surface area (Å²) in [5.74, 6) is -1.11. The molecule has 0 saturated carbocycles. The Morgan fingerprint density at radius 2 is 1.58 bits per heavy atom. The van der Waals surface area contributed by atoms with Crippen LogP contribution in [0.15, 0.2) is 65.6 Å². The van der Waals surface area contributed by atoms with Crippen LogP contribution in [0.2, 0.25) is 0 Å². The standard InChI is InChI=1S/C18H15NO4S/c1-12-8-10-14(11-9-12)24(22,23)19-16-7-3-5-13-4-2-6-15(17(13)16)18(20)21/h2-11,19H,1H3,(H,20,21). The molecule has 2 N–H and O–H groups in total. The van der Waals surface area contributed by atoms with Gasteiger partial charge in [-0.2, -0.15) is 0 Å². The third kappa shape index (κ3) is 2.96. The van der Waals surface area contributed by atoms with E-state index in [9.17, 15) is 18.3 Å². The van der Waals surface area contributed by atoms with Gasteiger partial charge in [-0.1, -0.05) is 42.0 Å². The van der Waals surface area contributed by atoms with Crippen LogP contribution in [0.5, 0.6) is 0 Å². The number of sulfonamides is 1. The number of carboxylic acid groups (broad SMARTS) is 1. The van der Waals surface area contributed by atoms with Gasteiger partial charge in [0.05, 0.1) is 16.1 Å². The molecule has 0 aliphatic rings. The molecule has 5 nitrogen and oxygen atoms in total. The van der Waals surface area contributed by atoms with Gasteiger partial charge in [0.25, 0.3) is 10.0 Å². The molecule has 24 heavy (non-hydrogen) atoms. The number of rotatable bonds is 4. The summed E-state index contributed by atoms with van der Waals surface area (Å²) in [6.07, 6.45) is 0. The molecule has 0 aromatic heterocycles. The third-order valence-electron chi connectivity index (χ3n) is 3.71. The molecular weight excluding hydrogens is 326 g/mol. The summed E-state index contributed by atoms with van der Waals surface area (Å²) in [4.78, 5) is 11.6. The lowest BCUT2D eigenvalue weighted by Gasteiger charge is -2.12. The van der Waals surface area contributed by atoms with Gasteiger partial charge in [-0.15, -0.1) is 0 Å². The minimum atomic E-state index is -3.81. The molecule has 6 heteroatoms. The van der Waals surface area contributed by atoms with Crippen LogP contribution in [0.25, 0.3) is 10.8 Å². The van der Waals surface area contributed by atoms with Crippen molar-refractivity contribution in [2.45, 2.75) is 11.8 Å². The van der Waals surface area contributed by atoms with Crippen LogP contribution >= 0.6 is 0 Å². The number of aromatic carboxylic acids is 1. The Labute approximate surface area is 139 Å². The van der Waals surface area contributed by atoms with E-state index in [1.54, 1.807) is 42.5 Å². The quantitative estimate of drug-likeness (QED) is 0.759. The normalized spacial score (nSPS) is 11.4. The Morgan fingerprint density at radius 1 is 0.958 bits per heavy atom. The van der Waals surface area contributed by atoms with E-state index in [2.05, 4.69) is 4.72 Å². The molecule has 0 amide bonds. The molecule has 3 aromatic carbocycles. The van der Waals surface area contributed by atoms with E-state index in [0.29, 0.717) is 10.8 Å². The minimum Gasteiger partial charge on any atom is -0.478 e. The first-order chi connectivity index (χ1) is 11.4. The largest absolute Gasteiger partial charge is 0.478 e. The molecule has 0 atom stereocenters. The van der Waals surface area contributed by atoms with E-state index >= 15 is 0 Å². The van der Waals surface area contributed by atoms with Crippen molar-refractivity contribution in [3.8, 4) is 0 Å². The highest BCUT2D eigenvalue weighted by Gasteiger charge is 2.18. The van der Waals surface area contributed by atoms with Gasteiger partial charge in [0.15, 0.2) is 0 Å². The summed E-state index contributed by atoms with van der Waals surface area (Å²) < 4.78 is 27.7. The molecule has 3 aromatic rings. The van der Waals surface area contributed by atoms with Gasteiger partial charge in [0.1, 0.15) is 0 Å². The average molecular weight is 341 g/mol. The van der Waals surface area contributed by atoms with Crippen molar-refractivity contribution in [3.63, 3.8) is 0 Å². The number of fused-ring (bicyclic) bond motifs is 1. The Balaban J connectivity index is 2.13. The molecule has 0 heterocycles. The molecule has 0 aliphatic heterocycles. The summed E-state index contributed by atoms with van der Waals surface area (Å²) in [5.41, 5.74) is 1.24. The van der Waals surface area contributed by atoms with Crippen LogP contribution in [0.1, 0.15) is 15.9 Å². The van der Waals surface area contributed by atoms with Crippen molar-refractivity contribution in [2.75, 3.05) is 4.72 Å². The van der Waals surface area contributed by atoms with Crippen molar-refractivity contribution >= 4 is 32.5 Å². The van der Waals surface area contributed by atoms with Crippen molar-refractivity contribution in [2.24, 2.45) is 0 Å². The minimum absolute atomic E-state index is 0.0507. The van der Waals surface area contributed by atoms with Crippen LogP contribution in [-0.4, -0.2) is 19.5 Å². The summed E-state index contributed by atoms with van der Waals surface area (Å²) in [7, 11) is -3.81. The van der Waals surface area contributed by atoms with E-state index in [0.717, 1.165) is 5.56 Å². The third-order valence-corrected chi connectivity index (χ3v) is 5.09. The highest BCUT2D eigenvalue weighted by Crippen LogP contribution is 2.29. The van der Waals surface area contributed by atoms with Gasteiger partial charge in [-0.3, -0.25) is 4.72 Å². The summed E-state index contributed by atoms with van der Waals surface area (Å²) in [6, 6.07) is 16.2. The Kier molecular flexibility index (Phi) is 3.99. The fraction of sp³-hybridized carbons (Fsp3) is 0.0556. The zero-order chi connectivity index (χ0) is 17.3. The van der Waals surface area contributed by atoms with Gasteiger partial charge in [0, 0.05) is 5.39 Å². The zero-order valence-electron chi connectivity index (χ0n) is 12.9. The fourth-order valence-electron chi connectivity index (χ4n) is 2.53. The maximum absolute atomic E-state index is 12.6. The van der Waals surface area contributed by atoms with Crippen molar-refractivity contribution in [3.05, 3.63) is 71.8 Å². The lowest BCUT2D eigenvalue weighted by Crippen LogP contribution is -2.14. The van der Waals surface area contributed by atoms with Crippen LogP contribution in [-0.2, 0) is 10.0 Å². The van der Waals surface area contributed by atoms with Crippen molar-refractivity contribution in [1.29, 1.82) is 0 Å². The topological polar surface area (TPSA) is 83.5 Å². The lowest BCUT2D eigenvalue weighted by molar-refractivity contribution is 0.0699. The molecule has 3 rings (SSSR count). The summed E-state index contributed by atoms with van der Waals surface area (Å²) >= 11 is 0. The fourth-order valence-corrected chi connectivity index (χ4v) is 3.60. The summed E-state index contributed by atoms with van der Waals surface area (Å²) in [6.45, 7) is 1.87. The Hall–Kier alpha value is -2.86. The van der Waals surface area contributed by atoms with E-state index in [1.807, 2.05) is 6.92 Å². The maximum atomic E-state index is 12.6. The van der Waals surface area contributed by atoms with E-state index < -0.39 is 16.0 Å². The predicted octanol–water partition coefficient (Wildman–Crippen LogP) is 3.65. The monoisotopic (exact) mass is 341 g/mol. The lowest BCUT2D eigenvalue weighted by atomic mass is 10.0. The van der Waals surface area contributed by atoms with Crippen molar-refractivity contribution in [1.82, 2.24) is 0 Å². The number of carboxylic acids is 1. The Morgan fingerprint density at radius 3 is 2.21 bits per heavy atom. The number of benzene rings is 3. The second-order valence-corrected chi connectivity index (χ2v) is 7.12. The number of nitrogens with one attached hydrogen (secondary N) is 1. The van der Waals surface area contributed by atoms with Crippen LogP contribution in [0, 0.1) is 6.92 Å². The van der Waals surface area contributed by atoms with E-state index in [-0.39, 0.29) is 16.1 Å². The van der Waals surface area contributed by atoms with Crippen LogP contribution in [0.3, 0.4) is 0 Å². The first-order valence-electron chi connectivity index (χ1n) is 7.23. The molecule has 0 fully saturated rings. The first kappa shape index (κ1) is 16.0. The molecule has 0 spiro atoms. The second kappa shape index (κ2) is 5.98. The van der Waals surface area contributed by atoms with E-state index in [1.165, 1.54) is 18.2 Å². The van der Waals surface area contributed by atoms with Gasteiger partial charge < -0.3 is 5.11 Å². The molecule has 0 radical (unpaired) electrons. The smallest absolute Gasteiger partial charge is 0.336 e. The molecule has 122 valence electrons. The number of hydrogen-bond acceptors (Lipinski definition) is 3. The van der Waals surface area contributed by atoms with Gasteiger partial charge >= 0.3 is 5.97 Å². The van der Waals surface area contributed by atoms with Gasteiger partial charge in [-0.25, -0.2) is 13.2 Å². The second-order valence-electron chi connectivity index (χ2n) is 5.43. The molecule has 0 unspecified atom stereocenters. The maximum Gasteiger partial charge on any atom is 0.336 e. The number of aryl methyl sites for hydroxylation is 1. The molecule has 0 aliphatic carbocycles.